The topological polar surface area (TPSA) is 17.8 Å². The molecule has 0 spiro atoms. The van der Waals surface area contributed by atoms with E-state index in [1.165, 1.54) is 6.07 Å². The Hall–Kier alpha value is -1.16. The summed E-state index contributed by atoms with van der Waals surface area (Å²) in [5, 5.41) is 0. The van der Waals surface area contributed by atoms with Crippen molar-refractivity contribution >= 4 is 15.9 Å². The van der Waals surface area contributed by atoms with Crippen molar-refractivity contribution < 1.29 is 4.39 Å². The van der Waals surface area contributed by atoms with Crippen LogP contribution in [0.2, 0.25) is 0 Å². The molecule has 0 saturated carbocycles. The van der Waals surface area contributed by atoms with E-state index in [0.717, 1.165) is 0 Å². The lowest BCUT2D eigenvalue weighted by Gasteiger charge is -2.03. The maximum absolute atomic E-state index is 13.3. The Kier molecular flexibility index (Phi) is 2.14. The third kappa shape index (κ3) is 1.49. The third-order valence-electron chi connectivity index (χ3n) is 1.71. The Morgan fingerprint density at radius 1 is 1.31 bits per heavy atom. The van der Waals surface area contributed by atoms with E-state index in [-0.39, 0.29) is 5.82 Å². The highest BCUT2D eigenvalue weighted by molar-refractivity contribution is 9.10. The minimum Gasteiger partial charge on any atom is -0.291 e. The number of rotatable bonds is 1. The quantitative estimate of drug-likeness (QED) is 0.750. The molecule has 0 unspecified atom stereocenters. The summed E-state index contributed by atoms with van der Waals surface area (Å²) < 4.78 is 15.5. The van der Waals surface area contributed by atoms with Gasteiger partial charge in [-0.15, -0.1) is 0 Å². The van der Waals surface area contributed by atoms with E-state index >= 15 is 0 Å². The van der Waals surface area contributed by atoms with Gasteiger partial charge in [0.25, 0.3) is 0 Å². The monoisotopic (exact) mass is 240 g/mol. The molecule has 1 aromatic carbocycles. The molecular weight excluding hydrogens is 235 g/mol. The Morgan fingerprint density at radius 2 is 2.08 bits per heavy atom. The SMILES string of the molecule is Fc1ccccc1-n1ccnc1Br. The van der Waals surface area contributed by atoms with Crippen molar-refractivity contribution in [2.75, 3.05) is 0 Å². The van der Waals surface area contributed by atoms with Crippen LogP contribution in [0, 0.1) is 5.82 Å². The fourth-order valence-corrected chi connectivity index (χ4v) is 1.54. The predicted octanol–water partition coefficient (Wildman–Crippen LogP) is 2.77. The second kappa shape index (κ2) is 3.30. The standard InChI is InChI=1S/C9H6BrFN2/c10-9-12-5-6-13(9)8-4-2-1-3-7(8)11/h1-6H. The maximum atomic E-state index is 13.3. The van der Waals surface area contributed by atoms with E-state index in [1.807, 2.05) is 0 Å². The molecule has 0 fully saturated rings. The second-order valence-electron chi connectivity index (χ2n) is 2.52. The zero-order chi connectivity index (χ0) is 9.26. The zero-order valence-electron chi connectivity index (χ0n) is 6.61. The van der Waals surface area contributed by atoms with Crippen LogP contribution in [0.3, 0.4) is 0 Å². The van der Waals surface area contributed by atoms with E-state index < -0.39 is 0 Å². The van der Waals surface area contributed by atoms with Crippen molar-refractivity contribution in [3.05, 3.63) is 47.2 Å². The Labute approximate surface area is 83.2 Å². The summed E-state index contributed by atoms with van der Waals surface area (Å²) in [5.41, 5.74) is 0.492. The van der Waals surface area contributed by atoms with Crippen LogP contribution in [0.15, 0.2) is 41.4 Å². The minimum absolute atomic E-state index is 0.263. The van der Waals surface area contributed by atoms with Crippen molar-refractivity contribution in [3.63, 3.8) is 0 Å². The third-order valence-corrected chi connectivity index (χ3v) is 2.29. The van der Waals surface area contributed by atoms with Crippen molar-refractivity contribution in [2.45, 2.75) is 0 Å². The molecule has 4 heteroatoms. The van der Waals surface area contributed by atoms with Gasteiger partial charge in [-0.25, -0.2) is 9.37 Å². The highest BCUT2D eigenvalue weighted by atomic mass is 79.9. The van der Waals surface area contributed by atoms with Crippen LogP contribution >= 0.6 is 15.9 Å². The van der Waals surface area contributed by atoms with Crippen molar-refractivity contribution in [1.82, 2.24) is 9.55 Å². The summed E-state index contributed by atoms with van der Waals surface area (Å²) in [6.07, 6.45) is 3.30. The Morgan fingerprint density at radius 3 is 2.69 bits per heavy atom. The number of hydrogen-bond acceptors (Lipinski definition) is 1. The first kappa shape index (κ1) is 8.44. The largest absolute Gasteiger partial charge is 0.291 e. The Bertz CT molecular complexity index is 425. The van der Waals surface area contributed by atoms with Crippen LogP contribution in [0.5, 0.6) is 0 Å². The summed E-state index contributed by atoms with van der Waals surface area (Å²) in [7, 11) is 0. The van der Waals surface area contributed by atoms with Gasteiger partial charge in [-0.2, -0.15) is 0 Å². The van der Waals surface area contributed by atoms with Gasteiger partial charge >= 0.3 is 0 Å². The molecule has 0 aliphatic heterocycles. The number of hydrogen-bond donors (Lipinski definition) is 0. The molecule has 1 heterocycles. The first-order valence-corrected chi connectivity index (χ1v) is 4.52. The fourth-order valence-electron chi connectivity index (χ4n) is 1.11. The molecule has 0 aliphatic carbocycles. The molecule has 0 amide bonds. The van der Waals surface area contributed by atoms with E-state index in [4.69, 9.17) is 0 Å². The fraction of sp³-hybridized carbons (Fsp3) is 0. The second-order valence-corrected chi connectivity index (χ2v) is 3.23. The van der Waals surface area contributed by atoms with Gasteiger partial charge in [0, 0.05) is 12.4 Å². The lowest BCUT2D eigenvalue weighted by atomic mass is 10.3. The molecule has 0 saturated heterocycles. The average Bonchev–Trinajstić information content (AvgIpc) is 2.52. The van der Waals surface area contributed by atoms with Gasteiger partial charge in [0.1, 0.15) is 5.82 Å². The molecule has 13 heavy (non-hydrogen) atoms. The van der Waals surface area contributed by atoms with Gasteiger partial charge < -0.3 is 0 Å². The predicted molar refractivity (Wildman–Crippen MR) is 51.2 cm³/mol. The first-order chi connectivity index (χ1) is 6.29. The summed E-state index contributed by atoms with van der Waals surface area (Å²) in [6, 6.07) is 6.55. The molecule has 0 N–H and O–H groups in total. The van der Waals surface area contributed by atoms with Gasteiger partial charge in [0.2, 0.25) is 0 Å². The van der Waals surface area contributed by atoms with Crippen molar-refractivity contribution in [2.24, 2.45) is 0 Å². The van der Waals surface area contributed by atoms with Crippen LogP contribution in [0.1, 0.15) is 0 Å². The Balaban J connectivity index is 2.59. The summed E-state index contributed by atoms with van der Waals surface area (Å²) in [4.78, 5) is 3.95. The van der Waals surface area contributed by atoms with E-state index in [1.54, 1.807) is 35.2 Å². The molecule has 2 nitrogen and oxygen atoms in total. The average molecular weight is 241 g/mol. The highest BCUT2D eigenvalue weighted by Crippen LogP contribution is 2.17. The van der Waals surface area contributed by atoms with Crippen LogP contribution < -0.4 is 0 Å². The van der Waals surface area contributed by atoms with Gasteiger partial charge in [0.05, 0.1) is 5.69 Å². The molecule has 0 bridgehead atoms. The summed E-state index contributed by atoms with van der Waals surface area (Å²) >= 11 is 3.22. The van der Waals surface area contributed by atoms with Crippen LogP contribution in [-0.2, 0) is 0 Å². The van der Waals surface area contributed by atoms with Crippen molar-refractivity contribution in [1.29, 1.82) is 0 Å². The van der Waals surface area contributed by atoms with Gasteiger partial charge in [-0.3, -0.25) is 4.57 Å². The van der Waals surface area contributed by atoms with Gasteiger partial charge in [-0.05, 0) is 28.1 Å². The smallest absolute Gasteiger partial charge is 0.181 e. The molecule has 0 atom stereocenters. The maximum Gasteiger partial charge on any atom is 0.181 e. The molecule has 0 radical (unpaired) electrons. The van der Waals surface area contributed by atoms with Crippen LogP contribution in [0.4, 0.5) is 4.39 Å². The zero-order valence-corrected chi connectivity index (χ0v) is 8.20. The van der Waals surface area contributed by atoms with E-state index in [2.05, 4.69) is 20.9 Å². The van der Waals surface area contributed by atoms with E-state index in [9.17, 15) is 4.39 Å². The van der Waals surface area contributed by atoms with Crippen molar-refractivity contribution in [3.8, 4) is 5.69 Å². The van der Waals surface area contributed by atoms with E-state index in [0.29, 0.717) is 10.4 Å². The van der Waals surface area contributed by atoms with Crippen LogP contribution in [-0.4, -0.2) is 9.55 Å². The minimum atomic E-state index is -0.263. The number of benzene rings is 1. The van der Waals surface area contributed by atoms with Gasteiger partial charge in [-0.1, -0.05) is 12.1 Å². The first-order valence-electron chi connectivity index (χ1n) is 3.73. The summed E-state index contributed by atoms with van der Waals surface area (Å²) in [5.74, 6) is -0.263. The molecule has 66 valence electrons. The molecule has 0 aliphatic rings. The molecule has 2 rings (SSSR count). The number of para-hydroxylation sites is 1. The molecule has 1 aromatic heterocycles. The number of aromatic nitrogens is 2. The number of imidazole rings is 1. The summed E-state index contributed by atoms with van der Waals surface area (Å²) in [6.45, 7) is 0. The number of nitrogens with zero attached hydrogens (tertiary/aromatic N) is 2. The molecular formula is C9H6BrFN2. The lowest BCUT2D eigenvalue weighted by molar-refractivity contribution is 0.617. The van der Waals surface area contributed by atoms with Crippen LogP contribution in [0.25, 0.3) is 5.69 Å². The van der Waals surface area contributed by atoms with Gasteiger partial charge in [0.15, 0.2) is 4.73 Å². The number of halogens is 2. The molecule has 2 aromatic rings. The highest BCUT2D eigenvalue weighted by Gasteiger charge is 2.05. The normalized spacial score (nSPS) is 10.3. The lowest BCUT2D eigenvalue weighted by Crippen LogP contribution is -1.95.